The zero-order valence-corrected chi connectivity index (χ0v) is 9.34. The van der Waals surface area contributed by atoms with E-state index in [2.05, 4.69) is 6.58 Å². The fourth-order valence-electron chi connectivity index (χ4n) is 1.32. The molecule has 0 aliphatic heterocycles. The zero-order chi connectivity index (χ0) is 14.7. The Bertz CT molecular complexity index is 572. The van der Waals surface area contributed by atoms with Crippen LogP contribution in [0.25, 0.3) is 0 Å². The molecule has 0 spiro atoms. The molecule has 0 bridgehead atoms. The number of phenols is 1. The first kappa shape index (κ1) is 14.6. The number of hydrogen-bond acceptors (Lipinski definition) is 3. The third-order valence-corrected chi connectivity index (χ3v) is 2.15. The average Bonchev–Trinajstić information content (AvgIpc) is 2.36. The van der Waals surface area contributed by atoms with Crippen molar-refractivity contribution in [3.63, 3.8) is 0 Å². The molecule has 0 saturated carbocycles. The average molecular weight is 275 g/mol. The van der Waals surface area contributed by atoms with Crippen molar-refractivity contribution in [2.45, 2.75) is 0 Å². The Kier molecular flexibility index (Phi) is 4.15. The first-order valence-corrected chi connectivity index (χ1v) is 4.84. The van der Waals surface area contributed by atoms with Crippen LogP contribution in [0.1, 0.15) is 20.7 Å². The van der Waals surface area contributed by atoms with E-state index in [0.717, 1.165) is 0 Å². The maximum Gasteiger partial charge on any atom is 0.339 e. The maximum atomic E-state index is 13.5. The van der Waals surface area contributed by atoms with Gasteiger partial charge in [0.2, 0.25) is 5.82 Å². The van der Waals surface area contributed by atoms with E-state index in [1.165, 1.54) is 6.08 Å². The third-order valence-electron chi connectivity index (χ3n) is 2.15. The third kappa shape index (κ3) is 2.51. The lowest BCUT2D eigenvalue weighted by Gasteiger charge is -2.10. The quantitative estimate of drug-likeness (QED) is 0.573. The van der Waals surface area contributed by atoms with Crippen LogP contribution in [0.15, 0.2) is 12.7 Å². The molecule has 102 valence electrons. The molecule has 8 heteroatoms. The van der Waals surface area contributed by atoms with Gasteiger partial charge < -0.3 is 15.5 Å². The Morgan fingerprint density at radius 3 is 2.21 bits per heavy atom. The summed E-state index contributed by atoms with van der Waals surface area (Å²) < 4.78 is 39.9. The molecular formula is C11H8F3NO4. The Morgan fingerprint density at radius 1 is 1.16 bits per heavy atom. The summed E-state index contributed by atoms with van der Waals surface area (Å²) in [6.07, 6.45) is 1.20. The van der Waals surface area contributed by atoms with Crippen LogP contribution >= 0.6 is 0 Å². The maximum absolute atomic E-state index is 13.5. The van der Waals surface area contributed by atoms with E-state index in [4.69, 9.17) is 10.2 Å². The van der Waals surface area contributed by atoms with Crippen molar-refractivity contribution < 1.29 is 33.0 Å². The number of phenolic OH excluding ortho intramolecular Hbond substituents is 1. The Balaban J connectivity index is 3.56. The second-order valence-electron chi connectivity index (χ2n) is 3.34. The lowest BCUT2D eigenvalue weighted by molar-refractivity contribution is 0.0682. The molecular weight excluding hydrogens is 267 g/mol. The van der Waals surface area contributed by atoms with Crippen molar-refractivity contribution in [1.29, 1.82) is 0 Å². The summed E-state index contributed by atoms with van der Waals surface area (Å²) in [5, 5.41) is 19.7. The van der Waals surface area contributed by atoms with Gasteiger partial charge in [-0.3, -0.25) is 4.79 Å². The summed E-state index contributed by atoms with van der Waals surface area (Å²) in [6.45, 7) is 3.09. The molecule has 0 fully saturated rings. The number of carboxylic acid groups (broad SMARTS) is 1. The van der Waals surface area contributed by atoms with Crippen LogP contribution in [0, 0.1) is 17.5 Å². The molecule has 5 nitrogen and oxygen atoms in total. The van der Waals surface area contributed by atoms with E-state index in [1.54, 1.807) is 0 Å². The zero-order valence-electron chi connectivity index (χ0n) is 9.34. The minimum Gasteiger partial charge on any atom is -0.503 e. The van der Waals surface area contributed by atoms with E-state index in [1.807, 2.05) is 5.32 Å². The second-order valence-corrected chi connectivity index (χ2v) is 3.34. The number of halogens is 3. The van der Waals surface area contributed by atoms with Crippen LogP contribution in [-0.2, 0) is 0 Å². The van der Waals surface area contributed by atoms with E-state index in [0.29, 0.717) is 0 Å². The van der Waals surface area contributed by atoms with E-state index >= 15 is 0 Å². The number of aromatic carboxylic acids is 1. The van der Waals surface area contributed by atoms with Gasteiger partial charge >= 0.3 is 5.97 Å². The second kappa shape index (κ2) is 5.42. The van der Waals surface area contributed by atoms with Gasteiger partial charge in [0.1, 0.15) is 5.56 Å². The Labute approximate surface area is 105 Å². The number of aromatic hydroxyl groups is 1. The SMILES string of the molecule is C=CCNC(=O)c1c(F)c(O)c(F)c(F)c1C(=O)O. The largest absolute Gasteiger partial charge is 0.503 e. The monoisotopic (exact) mass is 275 g/mol. The van der Waals surface area contributed by atoms with Crippen LogP contribution in [0.5, 0.6) is 5.75 Å². The first-order valence-electron chi connectivity index (χ1n) is 4.84. The molecule has 1 aromatic carbocycles. The fraction of sp³-hybridized carbons (Fsp3) is 0.0909. The van der Waals surface area contributed by atoms with Gasteiger partial charge in [-0.2, -0.15) is 4.39 Å². The van der Waals surface area contributed by atoms with Crippen molar-refractivity contribution >= 4 is 11.9 Å². The summed E-state index contributed by atoms with van der Waals surface area (Å²) in [6, 6.07) is 0. The summed E-state index contributed by atoms with van der Waals surface area (Å²) in [5.41, 5.74) is -2.78. The smallest absolute Gasteiger partial charge is 0.339 e. The highest BCUT2D eigenvalue weighted by atomic mass is 19.2. The number of carbonyl (C=O) groups is 2. The molecule has 0 aromatic heterocycles. The highest BCUT2D eigenvalue weighted by Crippen LogP contribution is 2.29. The number of amides is 1. The predicted octanol–water partition coefficient (Wildman–Crippen LogP) is 1.42. The molecule has 0 heterocycles. The highest BCUT2D eigenvalue weighted by molar-refractivity contribution is 6.05. The molecule has 0 atom stereocenters. The van der Waals surface area contributed by atoms with Gasteiger partial charge in [0, 0.05) is 6.54 Å². The molecule has 1 rings (SSSR count). The predicted molar refractivity (Wildman–Crippen MR) is 57.5 cm³/mol. The summed E-state index contributed by atoms with van der Waals surface area (Å²) >= 11 is 0. The van der Waals surface area contributed by atoms with Crippen molar-refractivity contribution in [2.24, 2.45) is 0 Å². The first-order chi connectivity index (χ1) is 8.82. The molecule has 1 amide bonds. The topological polar surface area (TPSA) is 86.6 Å². The van der Waals surface area contributed by atoms with Crippen LogP contribution in [-0.4, -0.2) is 28.6 Å². The van der Waals surface area contributed by atoms with Gasteiger partial charge in [-0.05, 0) is 0 Å². The minimum absolute atomic E-state index is 0.156. The molecule has 3 N–H and O–H groups in total. The van der Waals surface area contributed by atoms with E-state index in [-0.39, 0.29) is 6.54 Å². The van der Waals surface area contributed by atoms with Crippen LogP contribution in [0.3, 0.4) is 0 Å². The molecule has 0 aliphatic carbocycles. The highest BCUT2D eigenvalue weighted by Gasteiger charge is 2.32. The van der Waals surface area contributed by atoms with Crippen LogP contribution < -0.4 is 5.32 Å². The normalized spacial score (nSPS) is 10.1. The van der Waals surface area contributed by atoms with E-state index in [9.17, 15) is 22.8 Å². The molecule has 0 saturated heterocycles. The number of rotatable bonds is 4. The van der Waals surface area contributed by atoms with Gasteiger partial charge in [0.05, 0.1) is 5.56 Å². The standard InChI is InChI=1S/C11H8F3NO4/c1-2-3-15-10(17)4-5(11(18)19)6(12)8(14)9(16)7(4)13/h2,16H,1,3H2,(H,15,17)(H,18,19). The van der Waals surface area contributed by atoms with Gasteiger partial charge in [-0.1, -0.05) is 6.08 Å². The molecule has 0 radical (unpaired) electrons. The Hall–Kier alpha value is -2.51. The molecule has 1 aromatic rings. The summed E-state index contributed by atoms with van der Waals surface area (Å²) in [4.78, 5) is 22.3. The minimum atomic E-state index is -2.07. The van der Waals surface area contributed by atoms with Gasteiger partial charge in [0.25, 0.3) is 5.91 Å². The molecule has 19 heavy (non-hydrogen) atoms. The van der Waals surface area contributed by atoms with Crippen molar-refractivity contribution in [2.75, 3.05) is 6.54 Å². The van der Waals surface area contributed by atoms with Crippen LogP contribution in [0.4, 0.5) is 13.2 Å². The summed E-state index contributed by atoms with van der Waals surface area (Å²) in [5.74, 6) is -11.1. The number of carbonyl (C=O) groups excluding carboxylic acids is 1. The van der Waals surface area contributed by atoms with Crippen LogP contribution in [0.2, 0.25) is 0 Å². The number of hydrogen-bond donors (Lipinski definition) is 3. The summed E-state index contributed by atoms with van der Waals surface area (Å²) in [7, 11) is 0. The van der Waals surface area contributed by atoms with Gasteiger partial charge in [-0.15, -0.1) is 6.58 Å². The van der Waals surface area contributed by atoms with E-state index < -0.39 is 46.2 Å². The lowest BCUT2D eigenvalue weighted by Crippen LogP contribution is -2.27. The van der Waals surface area contributed by atoms with Gasteiger partial charge in [0.15, 0.2) is 17.4 Å². The Morgan fingerprint density at radius 2 is 1.74 bits per heavy atom. The van der Waals surface area contributed by atoms with Crippen molar-refractivity contribution in [3.8, 4) is 5.75 Å². The van der Waals surface area contributed by atoms with Gasteiger partial charge in [-0.25, -0.2) is 13.6 Å². The lowest BCUT2D eigenvalue weighted by atomic mass is 10.0. The fourth-order valence-corrected chi connectivity index (χ4v) is 1.32. The molecule has 0 aliphatic rings. The molecule has 0 unspecified atom stereocenters. The number of carboxylic acids is 1. The van der Waals surface area contributed by atoms with Crippen molar-refractivity contribution in [3.05, 3.63) is 41.2 Å². The number of nitrogens with one attached hydrogen (secondary N) is 1. The number of benzene rings is 1. The van der Waals surface area contributed by atoms with Crippen molar-refractivity contribution in [1.82, 2.24) is 5.32 Å².